The van der Waals surface area contributed by atoms with Crippen LogP contribution in [-0.4, -0.2) is 24.7 Å². The zero-order valence-electron chi connectivity index (χ0n) is 11.2. The summed E-state index contributed by atoms with van der Waals surface area (Å²) in [5.74, 6) is 0.934. The van der Waals surface area contributed by atoms with Gasteiger partial charge in [-0.15, -0.1) is 0 Å². The number of hydrogen-bond acceptors (Lipinski definition) is 3. The topological polar surface area (TPSA) is 58.6 Å². The number of aliphatic hydroxyl groups is 1. The van der Waals surface area contributed by atoms with E-state index in [1.807, 2.05) is 18.2 Å². The molecule has 0 aromatic heterocycles. The summed E-state index contributed by atoms with van der Waals surface area (Å²) in [6.45, 7) is 4.22. The van der Waals surface area contributed by atoms with Crippen molar-refractivity contribution in [1.82, 2.24) is 0 Å². The smallest absolute Gasteiger partial charge is 0.224 e. The number of hydrogen-bond donors (Lipinski definition) is 2. The molecule has 0 aliphatic rings. The number of carbonyl (C=O) groups excluding carboxylic acids is 1. The van der Waals surface area contributed by atoms with Gasteiger partial charge in [-0.05, 0) is 30.0 Å². The van der Waals surface area contributed by atoms with Crippen LogP contribution in [0.1, 0.15) is 38.2 Å². The summed E-state index contributed by atoms with van der Waals surface area (Å²) < 4.78 is 5.22. The van der Waals surface area contributed by atoms with E-state index < -0.39 is 0 Å². The van der Waals surface area contributed by atoms with Crippen LogP contribution in [0.2, 0.25) is 0 Å². The first-order valence-corrected chi connectivity index (χ1v) is 6.17. The number of amides is 1. The van der Waals surface area contributed by atoms with Crippen LogP contribution in [0.15, 0.2) is 18.2 Å². The molecule has 0 unspecified atom stereocenters. The number of anilines is 1. The Balaban J connectivity index is 2.84. The van der Waals surface area contributed by atoms with Gasteiger partial charge >= 0.3 is 0 Å². The Morgan fingerprint density at radius 2 is 2.17 bits per heavy atom. The summed E-state index contributed by atoms with van der Waals surface area (Å²) in [4.78, 5) is 11.6. The van der Waals surface area contributed by atoms with Crippen LogP contribution < -0.4 is 10.1 Å². The molecule has 2 N–H and O–H groups in total. The predicted octanol–water partition coefficient (Wildman–Crippen LogP) is 2.53. The van der Waals surface area contributed by atoms with E-state index >= 15 is 0 Å². The highest BCUT2D eigenvalue weighted by Crippen LogP contribution is 2.28. The van der Waals surface area contributed by atoms with Gasteiger partial charge in [-0.3, -0.25) is 4.79 Å². The second-order valence-corrected chi connectivity index (χ2v) is 4.49. The molecule has 0 fully saturated rings. The maximum atomic E-state index is 11.6. The second-order valence-electron chi connectivity index (χ2n) is 4.49. The lowest BCUT2D eigenvalue weighted by molar-refractivity contribution is -0.116. The minimum atomic E-state index is -0.108. The minimum absolute atomic E-state index is 0.0244. The molecule has 0 spiro atoms. The zero-order chi connectivity index (χ0) is 13.5. The molecule has 0 saturated heterocycles. The average Bonchev–Trinajstić information content (AvgIpc) is 2.36. The van der Waals surface area contributed by atoms with E-state index in [1.54, 1.807) is 7.11 Å². The Morgan fingerprint density at radius 3 is 2.72 bits per heavy atom. The third-order valence-electron chi connectivity index (χ3n) is 2.73. The van der Waals surface area contributed by atoms with Crippen molar-refractivity contribution in [2.24, 2.45) is 0 Å². The predicted molar refractivity (Wildman–Crippen MR) is 72.0 cm³/mol. The summed E-state index contributed by atoms with van der Waals surface area (Å²) in [6, 6.07) is 5.78. The van der Waals surface area contributed by atoms with Crippen LogP contribution in [0, 0.1) is 0 Å². The molecule has 0 aliphatic heterocycles. The Labute approximate surface area is 108 Å². The highest BCUT2D eigenvalue weighted by Gasteiger charge is 2.09. The van der Waals surface area contributed by atoms with Crippen molar-refractivity contribution in [1.29, 1.82) is 0 Å². The van der Waals surface area contributed by atoms with Crippen molar-refractivity contribution in [3.63, 3.8) is 0 Å². The Hall–Kier alpha value is -1.55. The van der Waals surface area contributed by atoms with Crippen LogP contribution in [-0.2, 0) is 4.79 Å². The number of ether oxygens (including phenoxy) is 1. The van der Waals surface area contributed by atoms with Crippen molar-refractivity contribution in [3.8, 4) is 5.75 Å². The van der Waals surface area contributed by atoms with Crippen LogP contribution in [0.25, 0.3) is 0 Å². The molecule has 1 aromatic rings. The van der Waals surface area contributed by atoms with Crippen molar-refractivity contribution in [2.45, 2.75) is 32.6 Å². The van der Waals surface area contributed by atoms with Gasteiger partial charge in [0.05, 0.1) is 12.8 Å². The summed E-state index contributed by atoms with van der Waals surface area (Å²) in [5.41, 5.74) is 1.83. The van der Waals surface area contributed by atoms with Crippen molar-refractivity contribution in [3.05, 3.63) is 23.8 Å². The standard InChI is InChI=1S/C14H21NO3/c1-10(2)11-6-7-13(18-3)12(9-11)15-14(17)5-4-8-16/h6-7,9-10,16H,4-5,8H2,1-3H3,(H,15,17). The van der Waals surface area contributed by atoms with E-state index in [9.17, 15) is 4.79 Å². The van der Waals surface area contributed by atoms with Gasteiger partial charge in [-0.25, -0.2) is 0 Å². The first kappa shape index (κ1) is 14.5. The zero-order valence-corrected chi connectivity index (χ0v) is 11.2. The van der Waals surface area contributed by atoms with Crippen molar-refractivity contribution in [2.75, 3.05) is 19.0 Å². The Bertz CT molecular complexity index is 402. The third-order valence-corrected chi connectivity index (χ3v) is 2.73. The van der Waals surface area contributed by atoms with Gasteiger partial charge in [0.25, 0.3) is 0 Å². The molecule has 0 atom stereocenters. The third kappa shape index (κ3) is 4.04. The van der Waals surface area contributed by atoms with Crippen molar-refractivity contribution < 1.29 is 14.6 Å². The molecule has 1 amide bonds. The summed E-state index contributed by atoms with van der Waals surface area (Å²) in [5, 5.41) is 11.5. The number of rotatable bonds is 6. The molecular formula is C14H21NO3. The fraction of sp³-hybridized carbons (Fsp3) is 0.500. The summed E-state index contributed by atoms with van der Waals surface area (Å²) in [6.07, 6.45) is 0.781. The van der Waals surface area contributed by atoms with Gasteiger partial charge < -0.3 is 15.2 Å². The number of nitrogens with one attached hydrogen (secondary N) is 1. The Kier molecular flexibility index (Phi) is 5.65. The minimum Gasteiger partial charge on any atom is -0.495 e. The largest absolute Gasteiger partial charge is 0.495 e. The molecule has 0 radical (unpaired) electrons. The van der Waals surface area contributed by atoms with E-state index in [-0.39, 0.29) is 12.5 Å². The molecule has 0 heterocycles. The summed E-state index contributed by atoms with van der Waals surface area (Å²) >= 11 is 0. The Morgan fingerprint density at radius 1 is 1.44 bits per heavy atom. The van der Waals surface area contributed by atoms with E-state index in [0.717, 1.165) is 5.56 Å². The molecule has 0 aliphatic carbocycles. The summed E-state index contributed by atoms with van der Waals surface area (Å²) in [7, 11) is 1.58. The molecule has 4 nitrogen and oxygen atoms in total. The lowest BCUT2D eigenvalue weighted by Gasteiger charge is -2.13. The van der Waals surface area contributed by atoms with E-state index in [4.69, 9.17) is 9.84 Å². The maximum Gasteiger partial charge on any atom is 0.224 e. The van der Waals surface area contributed by atoms with E-state index in [2.05, 4.69) is 19.2 Å². The highest BCUT2D eigenvalue weighted by atomic mass is 16.5. The van der Waals surface area contributed by atoms with E-state index in [1.165, 1.54) is 0 Å². The lowest BCUT2D eigenvalue weighted by Crippen LogP contribution is -2.13. The monoisotopic (exact) mass is 251 g/mol. The number of benzene rings is 1. The van der Waals surface area contributed by atoms with Gasteiger partial charge in [0.2, 0.25) is 5.91 Å². The van der Waals surface area contributed by atoms with Gasteiger partial charge in [0.15, 0.2) is 0 Å². The fourth-order valence-electron chi connectivity index (χ4n) is 1.63. The van der Waals surface area contributed by atoms with Gasteiger partial charge in [-0.2, -0.15) is 0 Å². The van der Waals surface area contributed by atoms with Gasteiger partial charge in [0.1, 0.15) is 5.75 Å². The average molecular weight is 251 g/mol. The quantitative estimate of drug-likeness (QED) is 0.816. The molecule has 18 heavy (non-hydrogen) atoms. The maximum absolute atomic E-state index is 11.6. The number of aliphatic hydroxyl groups excluding tert-OH is 1. The first-order valence-electron chi connectivity index (χ1n) is 6.17. The van der Waals surface area contributed by atoms with Gasteiger partial charge in [0, 0.05) is 13.0 Å². The molecular weight excluding hydrogens is 230 g/mol. The SMILES string of the molecule is COc1ccc(C(C)C)cc1NC(=O)CCCO. The van der Waals surface area contributed by atoms with Crippen LogP contribution in [0.4, 0.5) is 5.69 Å². The highest BCUT2D eigenvalue weighted by molar-refractivity contribution is 5.92. The normalized spacial score (nSPS) is 10.5. The number of carbonyl (C=O) groups is 1. The number of methoxy groups -OCH3 is 1. The molecule has 0 saturated carbocycles. The molecule has 1 rings (SSSR count). The van der Waals surface area contributed by atoms with Crippen LogP contribution in [0.3, 0.4) is 0 Å². The van der Waals surface area contributed by atoms with Crippen LogP contribution >= 0.6 is 0 Å². The van der Waals surface area contributed by atoms with Gasteiger partial charge in [-0.1, -0.05) is 19.9 Å². The van der Waals surface area contributed by atoms with E-state index in [0.29, 0.717) is 30.2 Å². The first-order chi connectivity index (χ1) is 8.58. The van der Waals surface area contributed by atoms with Crippen LogP contribution in [0.5, 0.6) is 5.75 Å². The molecule has 0 bridgehead atoms. The fourth-order valence-corrected chi connectivity index (χ4v) is 1.63. The lowest BCUT2D eigenvalue weighted by atomic mass is 10.0. The van der Waals surface area contributed by atoms with Crippen molar-refractivity contribution >= 4 is 11.6 Å². The second kappa shape index (κ2) is 7.01. The molecule has 100 valence electrons. The molecule has 1 aromatic carbocycles. The molecule has 4 heteroatoms.